The van der Waals surface area contributed by atoms with E-state index in [1.807, 2.05) is 6.92 Å². The van der Waals surface area contributed by atoms with Crippen LogP contribution in [0.4, 0.5) is 0 Å². The van der Waals surface area contributed by atoms with Gasteiger partial charge in [0.25, 0.3) is 0 Å². The van der Waals surface area contributed by atoms with Gasteiger partial charge in [-0.05, 0) is 110 Å². The number of hydrogen-bond acceptors (Lipinski definition) is 3. The molecule has 0 aliphatic heterocycles. The molecule has 0 saturated heterocycles. The van der Waals surface area contributed by atoms with Crippen LogP contribution in [-0.2, 0) is 14.4 Å². The molecule has 230 valence electrons. The molecule has 12 unspecified atom stereocenters. The van der Waals surface area contributed by atoms with Gasteiger partial charge in [0.2, 0.25) is 0 Å². The predicted octanol–water partition coefficient (Wildman–Crippen LogP) is 9.14. The SMILES string of the molecule is CC(=O)C1=C(C)CC2(C)CC3(C)CC4C(C(C)C)CC(C5CCCC(C(C)C)C5)C(C)C4C(=O)C3C(C)C2(C)C1=O. The Balaban J connectivity index is 1.54. The summed E-state index contributed by atoms with van der Waals surface area (Å²) in [6.07, 6.45) is 9.46. The van der Waals surface area contributed by atoms with Gasteiger partial charge in [0.05, 0.1) is 5.57 Å². The van der Waals surface area contributed by atoms with E-state index in [1.54, 1.807) is 6.92 Å². The van der Waals surface area contributed by atoms with Gasteiger partial charge in [0.1, 0.15) is 5.78 Å². The molecule has 0 aromatic heterocycles. The fourth-order valence-corrected chi connectivity index (χ4v) is 12.5. The second-order valence-corrected chi connectivity index (χ2v) is 17.5. The molecule has 0 amide bonds. The lowest BCUT2D eigenvalue weighted by Gasteiger charge is -2.67. The Morgan fingerprint density at radius 2 is 1.59 bits per heavy atom. The maximum Gasteiger partial charge on any atom is 0.173 e. The highest BCUT2D eigenvalue weighted by molar-refractivity contribution is 6.22. The van der Waals surface area contributed by atoms with E-state index in [0.717, 1.165) is 42.6 Å². The van der Waals surface area contributed by atoms with Crippen molar-refractivity contribution in [3.8, 4) is 0 Å². The van der Waals surface area contributed by atoms with Crippen LogP contribution in [0.15, 0.2) is 11.1 Å². The van der Waals surface area contributed by atoms with E-state index in [1.165, 1.54) is 32.1 Å². The number of ketones is 3. The van der Waals surface area contributed by atoms with Crippen molar-refractivity contribution in [2.45, 2.75) is 128 Å². The average molecular weight is 565 g/mol. The molecule has 5 aliphatic carbocycles. The number of allylic oxidation sites excluding steroid dienone is 2. The fraction of sp³-hybridized carbons (Fsp3) is 0.868. The summed E-state index contributed by atoms with van der Waals surface area (Å²) in [6.45, 7) is 24.6. The van der Waals surface area contributed by atoms with Gasteiger partial charge in [0, 0.05) is 17.3 Å². The Morgan fingerprint density at radius 1 is 0.927 bits per heavy atom. The summed E-state index contributed by atoms with van der Waals surface area (Å²) < 4.78 is 0. The van der Waals surface area contributed by atoms with Crippen LogP contribution >= 0.6 is 0 Å². The molecule has 3 nitrogen and oxygen atoms in total. The van der Waals surface area contributed by atoms with Crippen LogP contribution in [0, 0.1) is 81.3 Å². The van der Waals surface area contributed by atoms with E-state index in [4.69, 9.17) is 0 Å². The Kier molecular flexibility index (Phi) is 7.94. The fourth-order valence-electron chi connectivity index (χ4n) is 12.5. The molecule has 4 fully saturated rings. The minimum absolute atomic E-state index is 0.0114. The number of carbonyl (C=O) groups excluding carboxylic acids is 3. The van der Waals surface area contributed by atoms with Gasteiger partial charge in [0.15, 0.2) is 11.6 Å². The lowest BCUT2D eigenvalue weighted by Crippen LogP contribution is -2.67. The molecule has 5 rings (SSSR count). The van der Waals surface area contributed by atoms with E-state index in [0.29, 0.717) is 40.9 Å². The van der Waals surface area contributed by atoms with Gasteiger partial charge >= 0.3 is 0 Å². The first kappa shape index (κ1) is 31.2. The summed E-state index contributed by atoms with van der Waals surface area (Å²) in [5.74, 6) is 5.27. The van der Waals surface area contributed by atoms with Crippen LogP contribution < -0.4 is 0 Å². The summed E-state index contributed by atoms with van der Waals surface area (Å²) in [4.78, 5) is 42.1. The summed E-state index contributed by atoms with van der Waals surface area (Å²) in [6, 6.07) is 0. The van der Waals surface area contributed by atoms with Crippen molar-refractivity contribution in [1.29, 1.82) is 0 Å². The molecule has 0 aromatic carbocycles. The first-order valence-corrected chi connectivity index (χ1v) is 17.3. The van der Waals surface area contributed by atoms with Crippen LogP contribution in [-0.4, -0.2) is 17.3 Å². The molecule has 3 heteroatoms. The lowest BCUT2D eigenvalue weighted by molar-refractivity contribution is -0.193. The van der Waals surface area contributed by atoms with Crippen molar-refractivity contribution in [2.24, 2.45) is 81.3 Å². The number of carbonyl (C=O) groups is 3. The monoisotopic (exact) mass is 564 g/mol. The van der Waals surface area contributed by atoms with Crippen LogP contribution in [0.25, 0.3) is 0 Å². The van der Waals surface area contributed by atoms with E-state index >= 15 is 4.79 Å². The highest BCUT2D eigenvalue weighted by atomic mass is 16.2. The molecule has 0 N–H and O–H groups in total. The Morgan fingerprint density at radius 3 is 2.17 bits per heavy atom. The van der Waals surface area contributed by atoms with Gasteiger partial charge in [-0.1, -0.05) is 87.1 Å². The minimum atomic E-state index is -0.692. The van der Waals surface area contributed by atoms with Gasteiger partial charge in [-0.25, -0.2) is 0 Å². The quantitative estimate of drug-likeness (QED) is 0.320. The van der Waals surface area contributed by atoms with Gasteiger partial charge in [-0.15, -0.1) is 0 Å². The third-order valence-electron chi connectivity index (χ3n) is 14.6. The number of Topliss-reactive ketones (excluding diaryl/α,β-unsaturated/α-hetero) is 3. The molecule has 5 aliphatic rings. The normalized spacial score (nSPS) is 48.7. The topological polar surface area (TPSA) is 51.2 Å². The molecule has 0 aromatic rings. The Bertz CT molecular complexity index is 1130. The Hall–Kier alpha value is -1.25. The zero-order valence-corrected chi connectivity index (χ0v) is 28.2. The molecular formula is C38H60O3. The van der Waals surface area contributed by atoms with E-state index < -0.39 is 5.41 Å². The van der Waals surface area contributed by atoms with Crippen molar-refractivity contribution in [3.63, 3.8) is 0 Å². The van der Waals surface area contributed by atoms with Crippen LogP contribution in [0.2, 0.25) is 0 Å². The van der Waals surface area contributed by atoms with E-state index in [9.17, 15) is 9.59 Å². The standard InChI is InChI=1S/C38H60O3/c1-20(2)26-13-12-14-27(15-26)29-16-28(21(3)4)30-18-36(9)19-37(10)17-22(5)31(25(8)39)35(41)38(37,11)24(7)33(36)34(40)32(30)23(29)6/h20-21,23-24,26-30,32-33H,12-19H2,1-11H3. The molecule has 41 heavy (non-hydrogen) atoms. The molecular weight excluding hydrogens is 504 g/mol. The number of rotatable bonds is 4. The van der Waals surface area contributed by atoms with Crippen molar-refractivity contribution in [1.82, 2.24) is 0 Å². The van der Waals surface area contributed by atoms with Crippen molar-refractivity contribution < 1.29 is 14.4 Å². The van der Waals surface area contributed by atoms with Crippen molar-refractivity contribution in [2.75, 3.05) is 0 Å². The third-order valence-corrected chi connectivity index (χ3v) is 14.6. The highest BCUT2D eigenvalue weighted by Crippen LogP contribution is 2.71. The van der Waals surface area contributed by atoms with Crippen molar-refractivity contribution >= 4 is 17.3 Å². The second kappa shape index (κ2) is 10.4. The van der Waals surface area contributed by atoms with E-state index in [2.05, 4.69) is 62.3 Å². The summed E-state index contributed by atoms with van der Waals surface area (Å²) in [5.41, 5.74) is 0.341. The smallest absolute Gasteiger partial charge is 0.173 e. The molecule has 12 atom stereocenters. The van der Waals surface area contributed by atoms with Gasteiger partial charge in [-0.3, -0.25) is 14.4 Å². The summed E-state index contributed by atoms with van der Waals surface area (Å²) >= 11 is 0. The minimum Gasteiger partial charge on any atom is -0.299 e. The van der Waals surface area contributed by atoms with Gasteiger partial charge < -0.3 is 0 Å². The zero-order chi connectivity index (χ0) is 30.4. The highest BCUT2D eigenvalue weighted by Gasteiger charge is 2.70. The average Bonchev–Trinajstić information content (AvgIpc) is 2.85. The molecule has 4 saturated carbocycles. The number of fused-ring (bicyclic) bond motifs is 3. The maximum absolute atomic E-state index is 15.1. The van der Waals surface area contributed by atoms with Gasteiger partial charge in [-0.2, -0.15) is 0 Å². The molecule has 0 heterocycles. The molecule has 0 radical (unpaired) electrons. The second-order valence-electron chi connectivity index (χ2n) is 17.5. The first-order valence-electron chi connectivity index (χ1n) is 17.3. The third kappa shape index (κ3) is 4.51. The lowest BCUT2D eigenvalue weighted by atomic mass is 9.35. The maximum atomic E-state index is 15.1. The van der Waals surface area contributed by atoms with Crippen molar-refractivity contribution in [3.05, 3.63) is 11.1 Å². The zero-order valence-electron chi connectivity index (χ0n) is 28.2. The summed E-state index contributed by atoms with van der Waals surface area (Å²) in [5, 5.41) is 0. The largest absolute Gasteiger partial charge is 0.299 e. The first-order chi connectivity index (χ1) is 19.0. The van der Waals surface area contributed by atoms with Crippen LogP contribution in [0.1, 0.15) is 128 Å². The molecule has 0 spiro atoms. The molecule has 0 bridgehead atoms. The van der Waals surface area contributed by atoms with E-state index in [-0.39, 0.29) is 40.2 Å². The summed E-state index contributed by atoms with van der Waals surface area (Å²) in [7, 11) is 0. The number of hydrogen-bond donors (Lipinski definition) is 0. The Labute approximate surface area is 251 Å². The predicted molar refractivity (Wildman–Crippen MR) is 167 cm³/mol. The van der Waals surface area contributed by atoms with Crippen LogP contribution in [0.3, 0.4) is 0 Å². The van der Waals surface area contributed by atoms with Crippen LogP contribution in [0.5, 0.6) is 0 Å².